The van der Waals surface area contributed by atoms with E-state index in [4.69, 9.17) is 9.47 Å². The maximum atomic E-state index is 13.1. The number of nitrogens with zero attached hydrogens (tertiary/aromatic N) is 2. The third-order valence-electron chi connectivity index (χ3n) is 5.93. The third kappa shape index (κ3) is 3.99. The fourth-order valence-corrected chi connectivity index (χ4v) is 4.19. The van der Waals surface area contributed by atoms with Crippen LogP contribution in [0.5, 0.6) is 11.5 Å². The second-order valence-corrected chi connectivity index (χ2v) is 8.40. The van der Waals surface area contributed by atoms with E-state index in [1.807, 2.05) is 13.0 Å². The van der Waals surface area contributed by atoms with Gasteiger partial charge in [-0.3, -0.25) is 19.8 Å². The van der Waals surface area contributed by atoms with Gasteiger partial charge in [0.05, 0.1) is 10.5 Å². The summed E-state index contributed by atoms with van der Waals surface area (Å²) in [7, 11) is 0. The number of nitro groups is 1. The molecule has 2 aliphatic heterocycles. The number of rotatable bonds is 4. The smallest absolute Gasteiger partial charge is 0.269 e. The highest BCUT2D eigenvalue weighted by Gasteiger charge is 2.33. The zero-order valence-corrected chi connectivity index (χ0v) is 18.3. The van der Waals surface area contributed by atoms with E-state index in [0.717, 1.165) is 23.4 Å². The molecule has 2 heterocycles. The van der Waals surface area contributed by atoms with Crippen molar-refractivity contribution in [2.24, 2.45) is 0 Å². The second-order valence-electron chi connectivity index (χ2n) is 8.40. The summed E-state index contributed by atoms with van der Waals surface area (Å²) in [5.74, 6) is 1.27. The standard InChI is InChI=1S/C26H22N2O5/c1-16-3-5-19(6-4-16)13-27-14-20-12-22-24(29)23(33-26(22)17(2)25(20)32-15-27)11-18-7-9-21(10-8-18)28(30)31/h3-12H,13-15H2,1-2H3/b23-11-. The van der Waals surface area contributed by atoms with E-state index in [0.29, 0.717) is 30.2 Å². The molecule has 0 unspecified atom stereocenters. The first-order chi connectivity index (χ1) is 15.9. The Hall–Kier alpha value is -3.97. The van der Waals surface area contributed by atoms with Crippen LogP contribution in [0.15, 0.2) is 60.4 Å². The molecule has 0 radical (unpaired) electrons. The molecular formula is C26H22N2O5. The number of carbonyl (C=O) groups excluding carboxylic acids is 1. The van der Waals surface area contributed by atoms with E-state index >= 15 is 0 Å². The molecular weight excluding hydrogens is 420 g/mol. The van der Waals surface area contributed by atoms with Crippen molar-refractivity contribution in [1.29, 1.82) is 0 Å². The van der Waals surface area contributed by atoms with Gasteiger partial charge >= 0.3 is 0 Å². The first kappa shape index (κ1) is 20.9. The monoisotopic (exact) mass is 442 g/mol. The van der Waals surface area contributed by atoms with Crippen LogP contribution >= 0.6 is 0 Å². The summed E-state index contributed by atoms with van der Waals surface area (Å²) in [6.45, 7) is 5.85. The number of benzene rings is 3. The number of ether oxygens (including phenoxy) is 2. The molecule has 0 saturated heterocycles. The average Bonchev–Trinajstić information content (AvgIpc) is 3.11. The molecule has 0 N–H and O–H groups in total. The summed E-state index contributed by atoms with van der Waals surface area (Å²) in [6.07, 6.45) is 1.61. The van der Waals surface area contributed by atoms with Crippen LogP contribution in [0.2, 0.25) is 0 Å². The molecule has 0 amide bonds. The third-order valence-corrected chi connectivity index (χ3v) is 5.93. The zero-order chi connectivity index (χ0) is 23.1. The number of ketones is 1. The minimum absolute atomic E-state index is 0.00466. The zero-order valence-electron chi connectivity index (χ0n) is 18.3. The average molecular weight is 442 g/mol. The van der Waals surface area contributed by atoms with E-state index in [9.17, 15) is 14.9 Å². The van der Waals surface area contributed by atoms with E-state index in [-0.39, 0.29) is 17.2 Å². The van der Waals surface area contributed by atoms with Gasteiger partial charge in [0, 0.05) is 36.3 Å². The van der Waals surface area contributed by atoms with Crippen molar-refractivity contribution in [2.45, 2.75) is 26.9 Å². The van der Waals surface area contributed by atoms with Gasteiger partial charge in [0.25, 0.3) is 5.69 Å². The molecule has 0 aliphatic carbocycles. The highest BCUT2D eigenvalue weighted by atomic mass is 16.6. The molecule has 7 heteroatoms. The fourth-order valence-electron chi connectivity index (χ4n) is 4.19. The number of non-ortho nitro benzene ring substituents is 1. The van der Waals surface area contributed by atoms with Crippen molar-refractivity contribution >= 4 is 17.5 Å². The lowest BCUT2D eigenvalue weighted by molar-refractivity contribution is -0.384. The summed E-state index contributed by atoms with van der Waals surface area (Å²) in [4.78, 5) is 25.6. The number of hydrogen-bond acceptors (Lipinski definition) is 6. The molecule has 7 nitrogen and oxygen atoms in total. The molecule has 3 aromatic rings. The largest absolute Gasteiger partial charge is 0.477 e. The molecule has 0 atom stereocenters. The molecule has 5 rings (SSSR count). The van der Waals surface area contributed by atoms with E-state index in [1.54, 1.807) is 18.2 Å². The first-order valence-electron chi connectivity index (χ1n) is 10.6. The molecule has 0 saturated carbocycles. The number of carbonyl (C=O) groups is 1. The van der Waals surface area contributed by atoms with Crippen LogP contribution in [0.3, 0.4) is 0 Å². The fraction of sp³-hybridized carbons (Fsp3) is 0.192. The second kappa shape index (κ2) is 8.18. The number of fused-ring (bicyclic) bond motifs is 2. The molecule has 3 aromatic carbocycles. The lowest BCUT2D eigenvalue weighted by Crippen LogP contribution is -2.32. The Labute approximate surface area is 191 Å². The van der Waals surface area contributed by atoms with E-state index in [1.165, 1.54) is 23.3 Å². The summed E-state index contributed by atoms with van der Waals surface area (Å²) in [6, 6.07) is 16.3. The van der Waals surface area contributed by atoms with Gasteiger partial charge in [0.15, 0.2) is 5.76 Å². The number of hydrogen-bond donors (Lipinski definition) is 0. The SMILES string of the molecule is Cc1ccc(CN2COc3c(cc4c(c3C)O/C(=C\c3ccc([N+](=O)[O-])cc3)C4=O)C2)cc1. The maximum Gasteiger partial charge on any atom is 0.269 e. The van der Waals surface area contributed by atoms with Crippen molar-refractivity contribution in [3.05, 3.63) is 104 Å². The lowest BCUT2D eigenvalue weighted by Gasteiger charge is -2.30. The highest BCUT2D eigenvalue weighted by molar-refractivity contribution is 6.15. The lowest BCUT2D eigenvalue weighted by atomic mass is 9.99. The number of aryl methyl sites for hydroxylation is 1. The molecule has 2 aliphatic rings. The van der Waals surface area contributed by atoms with Crippen LogP contribution in [-0.2, 0) is 13.1 Å². The van der Waals surface area contributed by atoms with Crippen LogP contribution in [-0.4, -0.2) is 22.3 Å². The Morgan fingerprint density at radius 3 is 2.48 bits per heavy atom. The predicted molar refractivity (Wildman–Crippen MR) is 123 cm³/mol. The summed E-state index contributed by atoms with van der Waals surface area (Å²) < 4.78 is 12.0. The van der Waals surface area contributed by atoms with Crippen LogP contribution in [0.25, 0.3) is 6.08 Å². The Kier molecular flexibility index (Phi) is 5.18. The molecule has 0 bridgehead atoms. The Morgan fingerprint density at radius 2 is 1.79 bits per heavy atom. The van der Waals surface area contributed by atoms with Crippen LogP contribution < -0.4 is 9.47 Å². The summed E-state index contributed by atoms with van der Waals surface area (Å²) in [5.41, 5.74) is 5.35. The van der Waals surface area contributed by atoms with Gasteiger partial charge in [-0.15, -0.1) is 0 Å². The van der Waals surface area contributed by atoms with Crippen molar-refractivity contribution in [1.82, 2.24) is 4.90 Å². The van der Waals surface area contributed by atoms with Gasteiger partial charge in [-0.1, -0.05) is 29.8 Å². The van der Waals surface area contributed by atoms with Gasteiger partial charge in [0.2, 0.25) is 5.78 Å². The van der Waals surface area contributed by atoms with Crippen molar-refractivity contribution in [3.63, 3.8) is 0 Å². The first-order valence-corrected chi connectivity index (χ1v) is 10.6. The van der Waals surface area contributed by atoms with Crippen LogP contribution in [0, 0.1) is 24.0 Å². The van der Waals surface area contributed by atoms with Gasteiger partial charge < -0.3 is 9.47 Å². The van der Waals surface area contributed by atoms with Crippen molar-refractivity contribution < 1.29 is 19.2 Å². The molecule has 0 aromatic heterocycles. The van der Waals surface area contributed by atoms with Crippen LogP contribution in [0.1, 0.15) is 38.2 Å². The normalized spacial score (nSPS) is 16.2. The number of Topliss-reactive ketones (excluding diaryl/α,β-unsaturated/α-hetero) is 1. The summed E-state index contributed by atoms with van der Waals surface area (Å²) >= 11 is 0. The van der Waals surface area contributed by atoms with Crippen molar-refractivity contribution in [2.75, 3.05) is 6.73 Å². The number of nitro benzene ring substituents is 1. The number of allylic oxidation sites excluding steroid dienone is 1. The minimum atomic E-state index is -0.458. The molecule has 0 fully saturated rings. The molecule has 33 heavy (non-hydrogen) atoms. The predicted octanol–water partition coefficient (Wildman–Crippen LogP) is 5.18. The van der Waals surface area contributed by atoms with Gasteiger partial charge in [0.1, 0.15) is 18.2 Å². The highest BCUT2D eigenvalue weighted by Crippen LogP contribution is 2.43. The van der Waals surface area contributed by atoms with Crippen molar-refractivity contribution in [3.8, 4) is 11.5 Å². The van der Waals surface area contributed by atoms with Crippen LogP contribution in [0.4, 0.5) is 5.69 Å². The van der Waals surface area contributed by atoms with Gasteiger partial charge in [-0.05, 0) is 49.2 Å². The minimum Gasteiger partial charge on any atom is -0.477 e. The van der Waals surface area contributed by atoms with E-state index in [2.05, 4.69) is 36.1 Å². The van der Waals surface area contributed by atoms with Gasteiger partial charge in [-0.25, -0.2) is 0 Å². The molecule has 166 valence electrons. The Bertz CT molecular complexity index is 1290. The summed E-state index contributed by atoms with van der Waals surface area (Å²) in [5, 5.41) is 10.9. The quantitative estimate of drug-likeness (QED) is 0.315. The maximum absolute atomic E-state index is 13.1. The van der Waals surface area contributed by atoms with E-state index < -0.39 is 4.92 Å². The molecule has 0 spiro atoms. The topological polar surface area (TPSA) is 81.9 Å². The Balaban J connectivity index is 1.39. The Morgan fingerprint density at radius 1 is 1.06 bits per heavy atom. The van der Waals surface area contributed by atoms with Gasteiger partial charge in [-0.2, -0.15) is 0 Å².